The van der Waals surface area contributed by atoms with E-state index < -0.39 is 19.7 Å². The van der Waals surface area contributed by atoms with Crippen molar-refractivity contribution in [1.82, 2.24) is 0 Å². The SMILES string of the molecule is CS(=O)(=O)c1cc(-c2ccc(N)cc2)cc(S(C)(=O)=O)c1N. The van der Waals surface area contributed by atoms with Crippen molar-refractivity contribution in [2.75, 3.05) is 24.0 Å². The van der Waals surface area contributed by atoms with Gasteiger partial charge >= 0.3 is 0 Å². The van der Waals surface area contributed by atoms with Crippen LogP contribution in [0.4, 0.5) is 11.4 Å². The standard InChI is InChI=1S/C14H16N2O4S2/c1-21(17,18)12-7-10(9-3-5-11(15)6-4-9)8-13(14(12)16)22(2,19)20/h3-8H,15-16H2,1-2H3. The number of nitrogens with two attached hydrogens (primary N) is 2. The molecule has 8 heteroatoms. The minimum absolute atomic E-state index is 0.206. The van der Waals surface area contributed by atoms with Crippen LogP contribution in [-0.2, 0) is 19.7 Å². The Morgan fingerprint density at radius 2 is 1.14 bits per heavy atom. The topological polar surface area (TPSA) is 120 Å². The van der Waals surface area contributed by atoms with Crippen LogP contribution in [0.25, 0.3) is 11.1 Å². The van der Waals surface area contributed by atoms with Gasteiger partial charge in [-0.15, -0.1) is 0 Å². The molecule has 2 rings (SSSR count). The molecule has 6 nitrogen and oxygen atoms in total. The molecule has 0 heterocycles. The average Bonchev–Trinajstić information content (AvgIpc) is 2.37. The van der Waals surface area contributed by atoms with Crippen LogP contribution in [0.15, 0.2) is 46.2 Å². The van der Waals surface area contributed by atoms with E-state index in [1.165, 1.54) is 12.1 Å². The maximum Gasteiger partial charge on any atom is 0.177 e. The van der Waals surface area contributed by atoms with E-state index in [0.717, 1.165) is 12.5 Å². The fourth-order valence-corrected chi connectivity index (χ4v) is 3.82. The molecule has 0 spiro atoms. The zero-order valence-corrected chi connectivity index (χ0v) is 13.7. The second kappa shape index (κ2) is 5.29. The van der Waals surface area contributed by atoms with Gasteiger partial charge in [-0.2, -0.15) is 0 Å². The number of anilines is 2. The highest BCUT2D eigenvalue weighted by molar-refractivity contribution is 7.91. The summed E-state index contributed by atoms with van der Waals surface area (Å²) in [6.45, 7) is 0. The molecular weight excluding hydrogens is 324 g/mol. The van der Waals surface area contributed by atoms with E-state index in [2.05, 4.69) is 0 Å². The van der Waals surface area contributed by atoms with Crippen LogP contribution in [0.2, 0.25) is 0 Å². The van der Waals surface area contributed by atoms with Crippen LogP contribution in [-0.4, -0.2) is 29.3 Å². The predicted octanol–water partition coefficient (Wildman–Crippen LogP) is 1.33. The second-order valence-electron chi connectivity index (χ2n) is 5.05. The molecule has 2 aromatic rings. The molecule has 0 fully saturated rings. The van der Waals surface area contributed by atoms with Gasteiger partial charge in [-0.05, 0) is 35.4 Å². The maximum absolute atomic E-state index is 11.9. The zero-order chi connectivity index (χ0) is 16.7. The van der Waals surface area contributed by atoms with Crippen molar-refractivity contribution in [3.8, 4) is 11.1 Å². The van der Waals surface area contributed by atoms with E-state index >= 15 is 0 Å². The second-order valence-corrected chi connectivity index (χ2v) is 9.02. The lowest BCUT2D eigenvalue weighted by atomic mass is 10.1. The fourth-order valence-electron chi connectivity index (χ4n) is 2.06. The third-order valence-electron chi connectivity index (χ3n) is 3.15. The largest absolute Gasteiger partial charge is 0.399 e. The van der Waals surface area contributed by atoms with Gasteiger partial charge in [0.05, 0.1) is 15.5 Å². The zero-order valence-electron chi connectivity index (χ0n) is 12.1. The first-order valence-electron chi connectivity index (χ1n) is 6.19. The molecule has 22 heavy (non-hydrogen) atoms. The Morgan fingerprint density at radius 1 is 0.727 bits per heavy atom. The van der Waals surface area contributed by atoms with Gasteiger partial charge in [0.1, 0.15) is 0 Å². The number of hydrogen-bond acceptors (Lipinski definition) is 6. The lowest BCUT2D eigenvalue weighted by Crippen LogP contribution is -2.09. The first-order chi connectivity index (χ1) is 10.00. The lowest BCUT2D eigenvalue weighted by Gasteiger charge is -2.12. The molecule has 0 aliphatic rings. The summed E-state index contributed by atoms with van der Waals surface area (Å²) in [4.78, 5) is -0.412. The Labute approximate surface area is 129 Å². The van der Waals surface area contributed by atoms with Crippen LogP contribution in [0, 0.1) is 0 Å². The van der Waals surface area contributed by atoms with Crippen molar-refractivity contribution >= 4 is 31.0 Å². The van der Waals surface area contributed by atoms with Crippen molar-refractivity contribution in [3.63, 3.8) is 0 Å². The molecule has 0 saturated carbocycles. The summed E-state index contributed by atoms with van der Waals surface area (Å²) in [6.07, 6.45) is 1.97. The van der Waals surface area contributed by atoms with Crippen LogP contribution < -0.4 is 11.5 Å². The molecule has 0 radical (unpaired) electrons. The summed E-state index contributed by atoms with van der Waals surface area (Å²) < 4.78 is 47.5. The smallest absolute Gasteiger partial charge is 0.177 e. The molecular formula is C14H16N2O4S2. The van der Waals surface area contributed by atoms with Gasteiger partial charge in [-0.25, -0.2) is 16.8 Å². The maximum atomic E-state index is 11.9. The van der Waals surface area contributed by atoms with Crippen LogP contribution in [0.5, 0.6) is 0 Å². The van der Waals surface area contributed by atoms with Crippen LogP contribution in [0.3, 0.4) is 0 Å². The molecule has 0 aliphatic carbocycles. The Bertz CT molecular complexity index is 878. The highest BCUT2D eigenvalue weighted by atomic mass is 32.2. The van der Waals surface area contributed by atoms with Gasteiger partial charge in [0, 0.05) is 18.2 Å². The van der Waals surface area contributed by atoms with E-state index in [0.29, 0.717) is 16.8 Å². The number of hydrogen-bond donors (Lipinski definition) is 2. The van der Waals surface area contributed by atoms with E-state index in [1.807, 2.05) is 0 Å². The number of rotatable bonds is 3. The van der Waals surface area contributed by atoms with Crippen molar-refractivity contribution < 1.29 is 16.8 Å². The molecule has 0 amide bonds. The van der Waals surface area contributed by atoms with E-state index in [4.69, 9.17) is 11.5 Å². The molecule has 0 aliphatic heterocycles. The van der Waals surface area contributed by atoms with Crippen molar-refractivity contribution in [3.05, 3.63) is 36.4 Å². The molecule has 0 bridgehead atoms. The highest BCUT2D eigenvalue weighted by Gasteiger charge is 2.22. The molecule has 0 unspecified atom stereocenters. The summed E-state index contributed by atoms with van der Waals surface area (Å²) in [5.41, 5.74) is 12.7. The van der Waals surface area contributed by atoms with Crippen LogP contribution >= 0.6 is 0 Å². The number of nitrogen functional groups attached to an aromatic ring is 2. The summed E-state index contributed by atoms with van der Waals surface area (Å²) in [5.74, 6) is 0. The molecule has 4 N–H and O–H groups in total. The summed E-state index contributed by atoms with van der Waals surface area (Å²) in [6, 6.07) is 9.38. The lowest BCUT2D eigenvalue weighted by molar-refractivity contribution is 0.601. The van der Waals surface area contributed by atoms with Gasteiger partial charge in [-0.1, -0.05) is 12.1 Å². The molecule has 0 aromatic heterocycles. The van der Waals surface area contributed by atoms with Gasteiger partial charge in [0.15, 0.2) is 19.7 Å². The van der Waals surface area contributed by atoms with Gasteiger partial charge in [0.25, 0.3) is 0 Å². The quantitative estimate of drug-likeness (QED) is 0.813. The van der Waals surface area contributed by atoms with Crippen molar-refractivity contribution in [1.29, 1.82) is 0 Å². The molecule has 118 valence electrons. The Hall–Kier alpha value is -2.06. The average molecular weight is 340 g/mol. The monoisotopic (exact) mass is 340 g/mol. The minimum Gasteiger partial charge on any atom is -0.399 e. The Morgan fingerprint density at radius 3 is 1.50 bits per heavy atom. The Balaban J connectivity index is 2.85. The minimum atomic E-state index is -3.67. The third-order valence-corrected chi connectivity index (χ3v) is 5.42. The van der Waals surface area contributed by atoms with Crippen LogP contribution in [0.1, 0.15) is 0 Å². The van der Waals surface area contributed by atoms with E-state index in [9.17, 15) is 16.8 Å². The first-order valence-corrected chi connectivity index (χ1v) is 9.98. The predicted molar refractivity (Wildman–Crippen MR) is 86.9 cm³/mol. The summed E-state index contributed by atoms with van der Waals surface area (Å²) >= 11 is 0. The summed E-state index contributed by atoms with van der Waals surface area (Å²) in [5, 5.41) is 0. The first kappa shape index (κ1) is 16.3. The van der Waals surface area contributed by atoms with Crippen molar-refractivity contribution in [2.24, 2.45) is 0 Å². The number of benzene rings is 2. The van der Waals surface area contributed by atoms with Crippen molar-refractivity contribution in [2.45, 2.75) is 9.79 Å². The van der Waals surface area contributed by atoms with E-state index in [-0.39, 0.29) is 15.5 Å². The fraction of sp³-hybridized carbons (Fsp3) is 0.143. The normalized spacial score (nSPS) is 12.3. The molecule has 2 aromatic carbocycles. The molecule has 0 atom stereocenters. The highest BCUT2D eigenvalue weighted by Crippen LogP contribution is 2.33. The van der Waals surface area contributed by atoms with Gasteiger partial charge in [-0.3, -0.25) is 0 Å². The van der Waals surface area contributed by atoms with Gasteiger partial charge in [0.2, 0.25) is 0 Å². The van der Waals surface area contributed by atoms with E-state index in [1.54, 1.807) is 24.3 Å². The molecule has 0 saturated heterocycles. The third kappa shape index (κ3) is 3.23. The Kier molecular flexibility index (Phi) is 3.92. The summed E-state index contributed by atoms with van der Waals surface area (Å²) in [7, 11) is -7.34. The number of sulfone groups is 2. The van der Waals surface area contributed by atoms with Gasteiger partial charge < -0.3 is 11.5 Å².